The van der Waals surface area contributed by atoms with E-state index in [9.17, 15) is 31.1 Å². The normalized spacial score (nSPS) is 11.4. The van der Waals surface area contributed by atoms with Gasteiger partial charge in [0.05, 0.1) is 5.69 Å². The molecule has 0 unspecified atom stereocenters. The van der Waals surface area contributed by atoms with Crippen LogP contribution in [0, 0.1) is 23.3 Å². The van der Waals surface area contributed by atoms with Crippen LogP contribution < -0.4 is 4.72 Å². The van der Waals surface area contributed by atoms with Gasteiger partial charge >= 0.3 is 0 Å². The summed E-state index contributed by atoms with van der Waals surface area (Å²) in [6.45, 7) is 0. The highest BCUT2D eigenvalue weighted by atomic mass is 32.2. The van der Waals surface area contributed by atoms with Crippen molar-refractivity contribution in [2.45, 2.75) is 4.90 Å². The second-order valence-corrected chi connectivity index (χ2v) is 5.59. The molecule has 2 aromatic rings. The van der Waals surface area contributed by atoms with Crippen molar-refractivity contribution in [3.8, 4) is 5.75 Å². The fraction of sp³-hybridized carbons (Fsp3) is 0. The van der Waals surface area contributed by atoms with Gasteiger partial charge < -0.3 is 5.11 Å². The summed E-state index contributed by atoms with van der Waals surface area (Å²) in [5, 5.41) is 9.39. The van der Waals surface area contributed by atoms with E-state index in [1.807, 2.05) is 0 Å². The molecule has 0 saturated carbocycles. The van der Waals surface area contributed by atoms with Crippen molar-refractivity contribution < 1.29 is 31.1 Å². The number of nitrogens with one attached hydrogen (secondary N) is 1. The molecule has 0 saturated heterocycles. The minimum atomic E-state index is -4.68. The van der Waals surface area contributed by atoms with Gasteiger partial charge in [-0.05, 0) is 24.3 Å². The zero-order valence-electron chi connectivity index (χ0n) is 10.1. The lowest BCUT2D eigenvalue weighted by molar-refractivity contribution is 0.432. The van der Waals surface area contributed by atoms with Gasteiger partial charge in [0.25, 0.3) is 10.0 Å². The zero-order valence-corrected chi connectivity index (χ0v) is 10.9. The number of aromatic hydroxyl groups is 1. The van der Waals surface area contributed by atoms with Crippen molar-refractivity contribution in [1.29, 1.82) is 0 Å². The molecular weight excluding hydrogens is 314 g/mol. The van der Waals surface area contributed by atoms with Crippen LogP contribution >= 0.6 is 0 Å². The van der Waals surface area contributed by atoms with Crippen LogP contribution in [0.1, 0.15) is 0 Å². The van der Waals surface area contributed by atoms with Gasteiger partial charge in [-0.15, -0.1) is 0 Å². The van der Waals surface area contributed by atoms with Crippen LogP contribution in [-0.4, -0.2) is 13.5 Å². The van der Waals surface area contributed by atoms with E-state index < -0.39 is 49.6 Å². The topological polar surface area (TPSA) is 66.4 Å². The summed E-state index contributed by atoms with van der Waals surface area (Å²) < 4.78 is 77.7. The molecule has 0 bridgehead atoms. The first kappa shape index (κ1) is 15.1. The molecule has 0 atom stereocenters. The van der Waals surface area contributed by atoms with E-state index in [4.69, 9.17) is 0 Å². The van der Waals surface area contributed by atoms with Crippen molar-refractivity contribution in [3.05, 3.63) is 53.6 Å². The van der Waals surface area contributed by atoms with Gasteiger partial charge in [0.2, 0.25) is 0 Å². The molecule has 112 valence electrons. The number of sulfonamides is 1. The largest absolute Gasteiger partial charge is 0.506 e. The van der Waals surface area contributed by atoms with Crippen molar-refractivity contribution in [3.63, 3.8) is 0 Å². The summed E-state index contributed by atoms with van der Waals surface area (Å²) in [6, 6.07) is 3.32. The van der Waals surface area contributed by atoms with E-state index in [0.29, 0.717) is 18.2 Å². The van der Waals surface area contributed by atoms with E-state index in [-0.39, 0.29) is 0 Å². The average Bonchev–Trinajstić information content (AvgIpc) is 2.39. The quantitative estimate of drug-likeness (QED) is 0.519. The number of rotatable bonds is 3. The fourth-order valence-electron chi connectivity index (χ4n) is 1.51. The zero-order chi connectivity index (χ0) is 15.8. The van der Waals surface area contributed by atoms with E-state index >= 15 is 0 Å². The third-order valence-electron chi connectivity index (χ3n) is 2.49. The maximum Gasteiger partial charge on any atom is 0.265 e. The highest BCUT2D eigenvalue weighted by Crippen LogP contribution is 2.28. The summed E-state index contributed by atoms with van der Waals surface area (Å²) in [6.07, 6.45) is 0. The number of anilines is 1. The Morgan fingerprint density at radius 1 is 0.952 bits per heavy atom. The lowest BCUT2D eigenvalue weighted by Gasteiger charge is -2.10. The summed E-state index contributed by atoms with van der Waals surface area (Å²) in [4.78, 5) is -1.18. The lowest BCUT2D eigenvalue weighted by atomic mass is 10.3. The molecule has 0 heterocycles. The summed E-state index contributed by atoms with van der Waals surface area (Å²) in [7, 11) is -4.68. The minimum Gasteiger partial charge on any atom is -0.506 e. The Balaban J connectivity index is 2.49. The Morgan fingerprint density at radius 3 is 2.29 bits per heavy atom. The summed E-state index contributed by atoms with van der Waals surface area (Å²) in [5.74, 6) is -6.92. The van der Waals surface area contributed by atoms with Crippen LogP contribution in [-0.2, 0) is 10.0 Å². The van der Waals surface area contributed by atoms with Gasteiger partial charge in [0, 0.05) is 6.07 Å². The standard InChI is InChI=1S/C12H7F4NO3S/c13-6-1-3-9(18)8(5-6)17-21(19,20)10-4-2-7(14)11(15)12(10)16/h1-5,17-18H. The number of phenols is 1. The predicted octanol–water partition coefficient (Wildman–Crippen LogP) is 2.75. The molecule has 0 fully saturated rings. The molecule has 0 spiro atoms. The Hall–Kier alpha value is -2.29. The van der Waals surface area contributed by atoms with Crippen LogP contribution in [0.2, 0.25) is 0 Å². The molecule has 0 radical (unpaired) electrons. The van der Waals surface area contributed by atoms with Crippen LogP contribution in [0.15, 0.2) is 35.2 Å². The van der Waals surface area contributed by atoms with Crippen LogP contribution in [0.5, 0.6) is 5.75 Å². The Bertz CT molecular complexity index is 808. The van der Waals surface area contributed by atoms with Crippen LogP contribution in [0.4, 0.5) is 23.2 Å². The highest BCUT2D eigenvalue weighted by Gasteiger charge is 2.25. The highest BCUT2D eigenvalue weighted by molar-refractivity contribution is 7.92. The van der Waals surface area contributed by atoms with Gasteiger partial charge in [0.15, 0.2) is 17.5 Å². The van der Waals surface area contributed by atoms with Crippen LogP contribution in [0.25, 0.3) is 0 Å². The van der Waals surface area contributed by atoms with Crippen molar-refractivity contribution in [1.82, 2.24) is 0 Å². The molecule has 2 N–H and O–H groups in total. The van der Waals surface area contributed by atoms with Crippen molar-refractivity contribution in [2.75, 3.05) is 4.72 Å². The Morgan fingerprint density at radius 2 is 1.62 bits per heavy atom. The average molecular weight is 321 g/mol. The van der Waals surface area contributed by atoms with E-state index in [1.165, 1.54) is 0 Å². The summed E-state index contributed by atoms with van der Waals surface area (Å²) in [5.41, 5.74) is -0.570. The lowest BCUT2D eigenvalue weighted by Crippen LogP contribution is -2.16. The molecule has 2 aromatic carbocycles. The molecule has 0 aliphatic heterocycles. The van der Waals surface area contributed by atoms with E-state index in [1.54, 1.807) is 4.72 Å². The third-order valence-corrected chi connectivity index (χ3v) is 3.88. The van der Waals surface area contributed by atoms with Crippen molar-refractivity contribution >= 4 is 15.7 Å². The molecule has 9 heteroatoms. The maximum atomic E-state index is 13.5. The van der Waals surface area contributed by atoms with Crippen LogP contribution in [0.3, 0.4) is 0 Å². The maximum absolute atomic E-state index is 13.5. The fourth-order valence-corrected chi connectivity index (χ4v) is 2.64. The number of halogens is 4. The number of hydrogen-bond acceptors (Lipinski definition) is 3. The summed E-state index contributed by atoms with van der Waals surface area (Å²) >= 11 is 0. The van der Waals surface area contributed by atoms with E-state index in [2.05, 4.69) is 0 Å². The monoisotopic (exact) mass is 321 g/mol. The number of hydrogen-bond donors (Lipinski definition) is 2. The van der Waals surface area contributed by atoms with Gasteiger partial charge in [-0.1, -0.05) is 0 Å². The van der Waals surface area contributed by atoms with Gasteiger partial charge in [-0.25, -0.2) is 26.0 Å². The smallest absolute Gasteiger partial charge is 0.265 e. The first-order valence-electron chi connectivity index (χ1n) is 5.37. The minimum absolute atomic E-state index is 0.429. The first-order chi connectivity index (χ1) is 9.72. The Kier molecular flexibility index (Phi) is 3.77. The number of benzene rings is 2. The van der Waals surface area contributed by atoms with Gasteiger partial charge in [0.1, 0.15) is 16.5 Å². The molecule has 0 aliphatic carbocycles. The molecule has 0 amide bonds. The SMILES string of the molecule is O=S(=O)(Nc1cc(F)ccc1O)c1ccc(F)c(F)c1F. The first-order valence-corrected chi connectivity index (χ1v) is 6.85. The van der Waals surface area contributed by atoms with Crippen molar-refractivity contribution in [2.24, 2.45) is 0 Å². The molecule has 21 heavy (non-hydrogen) atoms. The molecule has 0 aliphatic rings. The second-order valence-electron chi connectivity index (χ2n) is 3.94. The third kappa shape index (κ3) is 2.92. The second kappa shape index (κ2) is 5.24. The van der Waals surface area contributed by atoms with Gasteiger partial charge in [-0.2, -0.15) is 0 Å². The molecular formula is C12H7F4NO3S. The number of phenolic OH excluding ortho intramolecular Hbond substituents is 1. The predicted molar refractivity (Wildman–Crippen MR) is 65.2 cm³/mol. The Labute approximate surface area is 116 Å². The molecule has 4 nitrogen and oxygen atoms in total. The van der Waals surface area contributed by atoms with E-state index in [0.717, 1.165) is 12.1 Å². The molecule has 2 rings (SSSR count). The van der Waals surface area contributed by atoms with Gasteiger partial charge in [-0.3, -0.25) is 4.72 Å². The molecule has 0 aromatic heterocycles.